The molecule has 7 nitrogen and oxygen atoms in total. The van der Waals surface area contributed by atoms with Crippen LogP contribution in [-0.4, -0.2) is 55.5 Å². The lowest BCUT2D eigenvalue weighted by molar-refractivity contribution is -0.125. The first kappa shape index (κ1) is 21.6. The molecule has 0 bridgehead atoms. The zero-order valence-electron chi connectivity index (χ0n) is 15.6. The molecule has 1 aliphatic rings. The summed E-state index contributed by atoms with van der Waals surface area (Å²) in [5.41, 5.74) is 1.33. The molecule has 29 heavy (non-hydrogen) atoms. The number of hydrogen-bond donors (Lipinski definition) is 2. The van der Waals surface area contributed by atoms with E-state index in [4.69, 9.17) is 16.3 Å². The molecule has 3 amide bonds. The van der Waals surface area contributed by atoms with Crippen LogP contribution in [0.3, 0.4) is 0 Å². The largest absolute Gasteiger partial charge is 0.370 e. The molecule has 10 heteroatoms. The molecule has 2 heterocycles. The molecule has 3 rings (SSSR count). The normalized spacial score (nSPS) is 15.1. The molecular formula is C19H20ClN3O4S2. The van der Waals surface area contributed by atoms with E-state index in [1.165, 1.54) is 11.8 Å². The fraction of sp³-hybridized carbons (Fsp3) is 0.316. The number of halogens is 1. The van der Waals surface area contributed by atoms with Crippen LogP contribution in [0.5, 0.6) is 0 Å². The van der Waals surface area contributed by atoms with Gasteiger partial charge in [-0.1, -0.05) is 11.6 Å². The highest BCUT2D eigenvalue weighted by molar-refractivity contribution is 7.98. The van der Waals surface area contributed by atoms with Gasteiger partial charge in [-0.25, -0.2) is 0 Å². The van der Waals surface area contributed by atoms with E-state index < -0.39 is 6.04 Å². The number of hydrogen-bond acceptors (Lipinski definition) is 6. The van der Waals surface area contributed by atoms with Gasteiger partial charge >= 0.3 is 0 Å². The smallest absolute Gasteiger partial charge is 0.262 e. The Hall–Kier alpha value is -2.07. The van der Waals surface area contributed by atoms with Gasteiger partial charge in [0.05, 0.1) is 15.8 Å². The predicted octanol–water partition coefficient (Wildman–Crippen LogP) is 2.86. The number of rotatable bonds is 7. The maximum Gasteiger partial charge on any atom is 0.262 e. The number of morpholine rings is 1. The van der Waals surface area contributed by atoms with Crippen LogP contribution in [0.15, 0.2) is 36.4 Å². The fourth-order valence-electron chi connectivity index (χ4n) is 2.76. The Morgan fingerprint density at radius 3 is 2.66 bits per heavy atom. The summed E-state index contributed by atoms with van der Waals surface area (Å²) in [7, 11) is 0. The van der Waals surface area contributed by atoms with Gasteiger partial charge in [0.1, 0.15) is 12.6 Å². The number of anilines is 2. The van der Waals surface area contributed by atoms with E-state index in [1.54, 1.807) is 41.3 Å². The van der Waals surface area contributed by atoms with Crippen molar-refractivity contribution in [2.75, 3.05) is 42.0 Å². The Kier molecular flexibility index (Phi) is 7.54. The minimum absolute atomic E-state index is 0.0734. The van der Waals surface area contributed by atoms with E-state index in [9.17, 15) is 14.4 Å². The van der Waals surface area contributed by atoms with Gasteiger partial charge in [-0.15, -0.1) is 11.3 Å². The molecule has 1 atom stereocenters. The average molecular weight is 454 g/mol. The highest BCUT2D eigenvalue weighted by Crippen LogP contribution is 2.22. The molecule has 0 aliphatic carbocycles. The third kappa shape index (κ3) is 5.72. The van der Waals surface area contributed by atoms with Crippen molar-refractivity contribution in [2.24, 2.45) is 0 Å². The van der Waals surface area contributed by atoms with Crippen LogP contribution < -0.4 is 15.5 Å². The van der Waals surface area contributed by atoms with Crippen molar-refractivity contribution in [1.29, 1.82) is 0 Å². The van der Waals surface area contributed by atoms with Gasteiger partial charge in [0.25, 0.3) is 11.8 Å². The summed E-state index contributed by atoms with van der Waals surface area (Å²) in [4.78, 5) is 39.0. The average Bonchev–Trinajstić information content (AvgIpc) is 3.15. The maximum absolute atomic E-state index is 12.7. The Morgan fingerprint density at radius 2 is 2.03 bits per heavy atom. The topological polar surface area (TPSA) is 87.7 Å². The van der Waals surface area contributed by atoms with Crippen molar-refractivity contribution in [1.82, 2.24) is 5.32 Å². The van der Waals surface area contributed by atoms with Crippen molar-refractivity contribution in [3.8, 4) is 0 Å². The molecule has 1 fully saturated rings. The van der Waals surface area contributed by atoms with Gasteiger partial charge in [-0.2, -0.15) is 11.8 Å². The molecule has 2 N–H and O–H groups in total. The summed E-state index contributed by atoms with van der Waals surface area (Å²) in [6, 6.07) is 9.58. The number of carbonyl (C=O) groups excluding carboxylic acids is 3. The van der Waals surface area contributed by atoms with Crippen LogP contribution in [-0.2, 0) is 14.3 Å². The molecule has 1 aromatic heterocycles. The number of amides is 3. The Balaban J connectivity index is 1.63. The van der Waals surface area contributed by atoms with E-state index in [2.05, 4.69) is 10.6 Å². The van der Waals surface area contributed by atoms with Crippen molar-refractivity contribution in [3.05, 3.63) is 45.6 Å². The number of ether oxygens (including phenoxy) is 1. The molecular weight excluding hydrogens is 434 g/mol. The van der Waals surface area contributed by atoms with Gasteiger partial charge < -0.3 is 20.3 Å². The first-order chi connectivity index (χ1) is 14.0. The van der Waals surface area contributed by atoms with E-state index in [0.29, 0.717) is 33.8 Å². The molecule has 1 aliphatic heterocycles. The van der Waals surface area contributed by atoms with Crippen molar-refractivity contribution in [3.63, 3.8) is 0 Å². The SMILES string of the molecule is CSC[C@H](NC(=O)c1ccc(Cl)s1)C(=O)Nc1ccc(N2CCOCC2=O)cc1. The number of carbonyl (C=O) groups is 3. The number of thiophene rings is 1. The third-order valence-corrected chi connectivity index (χ3v) is 6.08. The second-order valence-corrected chi connectivity index (χ2v) is 8.85. The maximum atomic E-state index is 12.7. The van der Waals surface area contributed by atoms with Crippen LogP contribution in [0.25, 0.3) is 0 Å². The first-order valence-electron chi connectivity index (χ1n) is 8.82. The van der Waals surface area contributed by atoms with Gasteiger partial charge in [0, 0.05) is 23.7 Å². The summed E-state index contributed by atoms with van der Waals surface area (Å²) >= 11 is 8.49. The lowest BCUT2D eigenvalue weighted by Crippen LogP contribution is -2.45. The molecule has 2 aromatic rings. The molecule has 154 valence electrons. The number of nitrogens with zero attached hydrogens (tertiary/aromatic N) is 1. The lowest BCUT2D eigenvalue weighted by atomic mass is 10.2. The molecule has 1 aromatic carbocycles. The van der Waals surface area contributed by atoms with Crippen LogP contribution >= 0.6 is 34.7 Å². The summed E-state index contributed by atoms with van der Waals surface area (Å²) in [5, 5.41) is 5.56. The summed E-state index contributed by atoms with van der Waals surface area (Å²) in [6.07, 6.45) is 1.86. The quantitative estimate of drug-likeness (QED) is 0.673. The van der Waals surface area contributed by atoms with Crippen LogP contribution in [0.4, 0.5) is 11.4 Å². The van der Waals surface area contributed by atoms with Gasteiger partial charge in [0.2, 0.25) is 5.91 Å². The van der Waals surface area contributed by atoms with Crippen molar-refractivity contribution >= 4 is 63.8 Å². The molecule has 0 radical (unpaired) electrons. The monoisotopic (exact) mass is 453 g/mol. The number of nitrogens with one attached hydrogen (secondary N) is 2. The summed E-state index contributed by atoms with van der Waals surface area (Å²) in [5.74, 6) is -0.316. The second-order valence-electron chi connectivity index (χ2n) is 6.22. The van der Waals surface area contributed by atoms with E-state index in [1.807, 2.05) is 6.26 Å². The number of benzene rings is 1. The van der Waals surface area contributed by atoms with Gasteiger partial charge in [-0.3, -0.25) is 14.4 Å². The second kappa shape index (κ2) is 10.1. The van der Waals surface area contributed by atoms with E-state index in [0.717, 1.165) is 17.0 Å². The highest BCUT2D eigenvalue weighted by atomic mass is 35.5. The minimum Gasteiger partial charge on any atom is -0.370 e. The van der Waals surface area contributed by atoms with E-state index >= 15 is 0 Å². The van der Waals surface area contributed by atoms with Crippen LogP contribution in [0.2, 0.25) is 4.34 Å². The summed E-state index contributed by atoms with van der Waals surface area (Å²) in [6.45, 7) is 1.07. The Morgan fingerprint density at radius 1 is 1.28 bits per heavy atom. The minimum atomic E-state index is -0.695. The number of thioether (sulfide) groups is 1. The Bertz CT molecular complexity index is 888. The fourth-order valence-corrected chi connectivity index (χ4v) is 4.27. The summed E-state index contributed by atoms with van der Waals surface area (Å²) < 4.78 is 5.65. The Labute approximate surface area is 181 Å². The van der Waals surface area contributed by atoms with Gasteiger partial charge in [0.15, 0.2) is 0 Å². The zero-order valence-corrected chi connectivity index (χ0v) is 18.0. The van der Waals surface area contributed by atoms with Gasteiger partial charge in [-0.05, 0) is 42.7 Å². The predicted molar refractivity (Wildman–Crippen MR) is 117 cm³/mol. The van der Waals surface area contributed by atoms with Crippen molar-refractivity contribution < 1.29 is 19.1 Å². The molecule has 0 spiro atoms. The van der Waals surface area contributed by atoms with Crippen molar-refractivity contribution in [2.45, 2.75) is 6.04 Å². The first-order valence-corrected chi connectivity index (χ1v) is 11.4. The molecule has 0 saturated carbocycles. The third-order valence-electron chi connectivity index (χ3n) is 4.18. The standard InChI is InChI=1S/C19H20ClN3O4S2/c1-28-11-14(22-19(26)15-6-7-16(20)29-15)18(25)21-12-2-4-13(5-3-12)23-8-9-27-10-17(23)24/h2-7,14H,8-11H2,1H3,(H,21,25)(H,22,26)/t14-/m0/s1. The van der Waals surface area contributed by atoms with Crippen LogP contribution in [0, 0.1) is 0 Å². The highest BCUT2D eigenvalue weighted by Gasteiger charge is 2.23. The van der Waals surface area contributed by atoms with Crippen LogP contribution in [0.1, 0.15) is 9.67 Å². The van der Waals surface area contributed by atoms with E-state index in [-0.39, 0.29) is 24.3 Å². The molecule has 0 unspecified atom stereocenters. The lowest BCUT2D eigenvalue weighted by Gasteiger charge is -2.27. The molecule has 1 saturated heterocycles. The zero-order chi connectivity index (χ0) is 20.8.